The van der Waals surface area contributed by atoms with Crippen LogP contribution in [0.2, 0.25) is 0 Å². The van der Waals surface area contributed by atoms with Gasteiger partial charge in [0.2, 0.25) is 5.91 Å². The van der Waals surface area contributed by atoms with Crippen LogP contribution in [-0.4, -0.2) is 54.5 Å². The van der Waals surface area contributed by atoms with Crippen molar-refractivity contribution in [2.45, 2.75) is 37.9 Å². The maximum atomic E-state index is 13.2. The predicted molar refractivity (Wildman–Crippen MR) is 135 cm³/mol. The number of carbonyl (C=O) groups is 2. The predicted octanol–water partition coefficient (Wildman–Crippen LogP) is 4.51. The highest BCUT2D eigenvalue weighted by atomic mass is 16.5. The van der Waals surface area contributed by atoms with E-state index in [2.05, 4.69) is 29.2 Å². The second-order valence-electron chi connectivity index (χ2n) is 9.67. The number of piperidine rings is 1. The average molecular weight is 489 g/mol. The Bertz CT molecular complexity index is 1210. The van der Waals surface area contributed by atoms with Crippen LogP contribution in [-0.2, 0) is 27.4 Å². The molecule has 0 N–H and O–H groups in total. The SMILES string of the molecule is COC(=O)C1CC(=O)N(Cc2cccc(OC)c2)C12CCN(Cc1cccc(-c3ccco3)c1)CC2. The Morgan fingerprint density at radius 3 is 2.44 bits per heavy atom. The Kier molecular flexibility index (Phi) is 6.83. The van der Waals surface area contributed by atoms with Crippen LogP contribution in [0.25, 0.3) is 11.3 Å². The summed E-state index contributed by atoms with van der Waals surface area (Å²) in [6.45, 7) is 2.84. The highest BCUT2D eigenvalue weighted by molar-refractivity contribution is 5.89. The van der Waals surface area contributed by atoms with Gasteiger partial charge in [-0.15, -0.1) is 0 Å². The molecule has 5 rings (SSSR count). The van der Waals surface area contributed by atoms with E-state index in [-0.39, 0.29) is 18.3 Å². The molecule has 1 unspecified atom stereocenters. The average Bonchev–Trinajstić information content (AvgIpc) is 3.54. The fraction of sp³-hybridized carbons (Fsp3) is 0.379. The molecular formula is C29H32N2O5. The largest absolute Gasteiger partial charge is 0.497 e. The maximum absolute atomic E-state index is 13.2. The Morgan fingerprint density at radius 2 is 1.75 bits per heavy atom. The minimum Gasteiger partial charge on any atom is -0.497 e. The summed E-state index contributed by atoms with van der Waals surface area (Å²) in [5.74, 6) is 0.867. The molecule has 1 amide bonds. The molecule has 1 aromatic heterocycles. The molecule has 0 aliphatic carbocycles. The molecular weight excluding hydrogens is 456 g/mol. The van der Waals surface area contributed by atoms with E-state index in [1.807, 2.05) is 41.3 Å². The Balaban J connectivity index is 1.34. The van der Waals surface area contributed by atoms with Crippen molar-refractivity contribution >= 4 is 11.9 Å². The van der Waals surface area contributed by atoms with Gasteiger partial charge in [-0.25, -0.2) is 0 Å². The minimum atomic E-state index is -0.542. The number of ether oxygens (including phenoxy) is 2. The fourth-order valence-corrected chi connectivity index (χ4v) is 5.80. The summed E-state index contributed by atoms with van der Waals surface area (Å²) in [6.07, 6.45) is 3.33. The molecule has 0 radical (unpaired) electrons. The first-order valence-electron chi connectivity index (χ1n) is 12.4. The zero-order valence-corrected chi connectivity index (χ0v) is 20.8. The molecule has 0 saturated carbocycles. The van der Waals surface area contributed by atoms with Crippen LogP contribution in [0.4, 0.5) is 0 Å². The van der Waals surface area contributed by atoms with Gasteiger partial charge in [-0.1, -0.05) is 30.3 Å². The lowest BCUT2D eigenvalue weighted by molar-refractivity contribution is -0.150. The number of furan rings is 1. The summed E-state index contributed by atoms with van der Waals surface area (Å²) < 4.78 is 16.1. The van der Waals surface area contributed by atoms with Gasteiger partial charge in [-0.3, -0.25) is 14.5 Å². The Labute approximate surface area is 211 Å². The van der Waals surface area contributed by atoms with Crippen molar-refractivity contribution in [3.8, 4) is 17.1 Å². The van der Waals surface area contributed by atoms with Gasteiger partial charge >= 0.3 is 5.97 Å². The van der Waals surface area contributed by atoms with Crippen LogP contribution in [0.15, 0.2) is 71.3 Å². The van der Waals surface area contributed by atoms with E-state index < -0.39 is 11.5 Å². The third-order valence-electron chi connectivity index (χ3n) is 7.69. The summed E-state index contributed by atoms with van der Waals surface area (Å²) in [4.78, 5) is 30.4. The molecule has 2 saturated heterocycles. The second-order valence-corrected chi connectivity index (χ2v) is 9.67. The third kappa shape index (κ3) is 4.63. The first-order valence-corrected chi connectivity index (χ1v) is 12.4. The number of benzene rings is 2. The number of rotatable bonds is 7. The van der Waals surface area contributed by atoms with Gasteiger partial charge in [-0.2, -0.15) is 0 Å². The lowest BCUT2D eigenvalue weighted by Gasteiger charge is -2.47. The maximum Gasteiger partial charge on any atom is 0.311 e. The van der Waals surface area contributed by atoms with E-state index in [0.29, 0.717) is 6.54 Å². The molecule has 1 spiro atoms. The van der Waals surface area contributed by atoms with Crippen molar-refractivity contribution in [2.24, 2.45) is 5.92 Å². The highest BCUT2D eigenvalue weighted by Crippen LogP contribution is 2.45. The van der Waals surface area contributed by atoms with Crippen molar-refractivity contribution < 1.29 is 23.5 Å². The molecule has 7 heteroatoms. The zero-order valence-electron chi connectivity index (χ0n) is 20.8. The van der Waals surface area contributed by atoms with Crippen molar-refractivity contribution in [3.63, 3.8) is 0 Å². The van der Waals surface area contributed by atoms with Crippen LogP contribution in [0.1, 0.15) is 30.4 Å². The number of hydrogen-bond donors (Lipinski definition) is 0. The smallest absolute Gasteiger partial charge is 0.311 e. The summed E-state index contributed by atoms with van der Waals surface area (Å²) in [7, 11) is 3.04. The van der Waals surface area contributed by atoms with Crippen LogP contribution in [0.3, 0.4) is 0 Å². The van der Waals surface area contributed by atoms with E-state index in [0.717, 1.165) is 55.1 Å². The summed E-state index contributed by atoms with van der Waals surface area (Å²) in [5.41, 5.74) is 2.72. The number of carbonyl (C=O) groups excluding carboxylic acids is 2. The summed E-state index contributed by atoms with van der Waals surface area (Å²) >= 11 is 0. The van der Waals surface area contributed by atoms with E-state index in [4.69, 9.17) is 13.9 Å². The van der Waals surface area contributed by atoms with E-state index in [1.54, 1.807) is 13.4 Å². The van der Waals surface area contributed by atoms with E-state index in [1.165, 1.54) is 12.7 Å². The summed E-state index contributed by atoms with van der Waals surface area (Å²) in [6, 6.07) is 20.0. The second kappa shape index (κ2) is 10.2. The number of hydrogen-bond acceptors (Lipinski definition) is 6. The first-order chi connectivity index (χ1) is 17.5. The fourth-order valence-electron chi connectivity index (χ4n) is 5.80. The van der Waals surface area contributed by atoms with Gasteiger partial charge in [0.1, 0.15) is 11.5 Å². The van der Waals surface area contributed by atoms with Crippen LogP contribution in [0.5, 0.6) is 5.75 Å². The van der Waals surface area contributed by atoms with E-state index >= 15 is 0 Å². The standard InChI is InChI=1S/C29H32N2O5/c1-34-24-9-4-7-22(17-24)20-31-27(32)18-25(28(33)35-2)29(31)11-13-30(14-12-29)19-21-6-3-8-23(16-21)26-10-5-15-36-26/h3-10,15-17,25H,11-14,18-20H2,1-2H3. The Hall–Kier alpha value is -3.58. The van der Waals surface area contributed by atoms with Crippen LogP contribution in [0, 0.1) is 5.92 Å². The van der Waals surface area contributed by atoms with E-state index in [9.17, 15) is 9.59 Å². The molecule has 2 aromatic carbocycles. The van der Waals surface area contributed by atoms with Crippen molar-refractivity contribution in [2.75, 3.05) is 27.3 Å². The lowest BCUT2D eigenvalue weighted by atomic mass is 9.76. The van der Waals surface area contributed by atoms with Crippen LogP contribution >= 0.6 is 0 Å². The lowest BCUT2D eigenvalue weighted by Crippen LogP contribution is -2.57. The number of likely N-dealkylation sites (tertiary alicyclic amines) is 2. The monoisotopic (exact) mass is 488 g/mol. The number of esters is 1. The van der Waals surface area contributed by atoms with Gasteiger partial charge in [-0.05, 0) is 54.3 Å². The first kappa shape index (κ1) is 24.1. The molecule has 2 aliphatic heterocycles. The molecule has 3 aromatic rings. The Morgan fingerprint density at radius 1 is 1.00 bits per heavy atom. The molecule has 0 bridgehead atoms. The van der Waals surface area contributed by atoms with Crippen molar-refractivity contribution in [3.05, 3.63) is 78.1 Å². The summed E-state index contributed by atoms with van der Waals surface area (Å²) in [5, 5.41) is 0. The zero-order chi connectivity index (χ0) is 25.1. The molecule has 188 valence electrons. The quantitative estimate of drug-likeness (QED) is 0.456. The number of nitrogens with zero attached hydrogens (tertiary/aromatic N) is 2. The van der Waals surface area contributed by atoms with Gasteiger partial charge in [0, 0.05) is 38.2 Å². The molecule has 36 heavy (non-hydrogen) atoms. The molecule has 1 atom stereocenters. The topological polar surface area (TPSA) is 72.2 Å². The molecule has 2 aliphatic rings. The van der Waals surface area contributed by atoms with Crippen molar-refractivity contribution in [1.82, 2.24) is 9.80 Å². The van der Waals surface area contributed by atoms with Gasteiger partial charge < -0.3 is 18.8 Å². The normalized spacial score (nSPS) is 19.6. The van der Waals surface area contributed by atoms with Gasteiger partial charge in [0.15, 0.2) is 0 Å². The molecule has 3 heterocycles. The third-order valence-corrected chi connectivity index (χ3v) is 7.69. The number of amides is 1. The molecule has 2 fully saturated rings. The van der Waals surface area contributed by atoms with Gasteiger partial charge in [0.25, 0.3) is 0 Å². The van der Waals surface area contributed by atoms with Crippen molar-refractivity contribution in [1.29, 1.82) is 0 Å². The number of methoxy groups -OCH3 is 2. The molecule has 7 nitrogen and oxygen atoms in total. The highest BCUT2D eigenvalue weighted by Gasteiger charge is 2.56. The van der Waals surface area contributed by atoms with Gasteiger partial charge in [0.05, 0.1) is 31.9 Å². The minimum absolute atomic E-state index is 0.00724. The van der Waals surface area contributed by atoms with Crippen LogP contribution < -0.4 is 4.74 Å².